The average Bonchev–Trinajstić information content (AvgIpc) is 2.49. The van der Waals surface area contributed by atoms with Gasteiger partial charge in [-0.15, -0.1) is 0 Å². The molecule has 0 bridgehead atoms. The first-order chi connectivity index (χ1) is 7.02. The third-order valence-corrected chi connectivity index (χ3v) is 3.89. The minimum atomic E-state index is 0.200. The van der Waals surface area contributed by atoms with Crippen molar-refractivity contribution in [3.8, 4) is 0 Å². The Morgan fingerprint density at radius 3 is 2.67 bits per heavy atom. The molecule has 0 saturated carbocycles. The molecule has 3 heteroatoms. The van der Waals surface area contributed by atoms with Gasteiger partial charge in [-0.3, -0.25) is 4.79 Å². The van der Waals surface area contributed by atoms with E-state index in [4.69, 9.17) is 0 Å². The Bertz CT molecular complexity index is 426. The molecule has 0 atom stereocenters. The normalized spacial score (nSPS) is 15.0. The number of rotatable bonds is 1. The van der Waals surface area contributed by atoms with Crippen molar-refractivity contribution in [1.82, 2.24) is 0 Å². The predicted molar refractivity (Wildman–Crippen MR) is 65.2 cm³/mol. The van der Waals surface area contributed by atoms with Gasteiger partial charge in [0.2, 0.25) is 5.91 Å². The summed E-state index contributed by atoms with van der Waals surface area (Å²) in [5, 5.41) is 0. The number of hydrogen-bond donors (Lipinski definition) is 0. The van der Waals surface area contributed by atoms with Gasteiger partial charge in [0.05, 0.1) is 6.42 Å². The van der Waals surface area contributed by atoms with Crippen molar-refractivity contribution in [3.05, 3.63) is 27.7 Å². The van der Waals surface area contributed by atoms with Crippen LogP contribution in [0.15, 0.2) is 16.6 Å². The molecule has 0 fully saturated rings. The van der Waals surface area contributed by atoms with E-state index in [0.717, 1.165) is 15.7 Å². The summed E-state index contributed by atoms with van der Waals surface area (Å²) in [6, 6.07) is 4.32. The lowest BCUT2D eigenvalue weighted by Gasteiger charge is -2.22. The Labute approximate surface area is 98.4 Å². The molecule has 0 radical (unpaired) electrons. The minimum absolute atomic E-state index is 0.200. The quantitative estimate of drug-likeness (QED) is 0.766. The molecule has 0 aliphatic carbocycles. The summed E-state index contributed by atoms with van der Waals surface area (Å²) in [5.74, 6) is 0.200. The van der Waals surface area contributed by atoms with Crippen LogP contribution in [-0.4, -0.2) is 11.9 Å². The van der Waals surface area contributed by atoms with Gasteiger partial charge in [-0.1, -0.05) is 22.0 Å². The molecule has 15 heavy (non-hydrogen) atoms. The van der Waals surface area contributed by atoms with Crippen molar-refractivity contribution in [1.29, 1.82) is 0 Å². The summed E-state index contributed by atoms with van der Waals surface area (Å²) in [4.78, 5) is 13.7. The van der Waals surface area contributed by atoms with Crippen molar-refractivity contribution in [3.63, 3.8) is 0 Å². The maximum Gasteiger partial charge on any atom is 0.231 e. The molecule has 0 spiro atoms. The molecule has 1 aromatic rings. The van der Waals surface area contributed by atoms with Crippen LogP contribution >= 0.6 is 15.9 Å². The Kier molecular flexibility index (Phi) is 2.59. The fourth-order valence-electron chi connectivity index (χ4n) is 2.06. The van der Waals surface area contributed by atoms with E-state index in [1.54, 1.807) is 0 Å². The molecule has 1 heterocycles. The first-order valence-corrected chi connectivity index (χ1v) is 5.91. The number of nitrogens with zero attached hydrogens (tertiary/aromatic N) is 1. The second-order valence-electron chi connectivity index (χ2n) is 4.23. The monoisotopic (exact) mass is 267 g/mol. The highest BCUT2D eigenvalue weighted by Crippen LogP contribution is 2.37. The second kappa shape index (κ2) is 3.63. The number of carbonyl (C=O) groups is 1. The molecule has 2 nitrogen and oxygen atoms in total. The molecule has 1 aromatic carbocycles. The first kappa shape index (κ1) is 10.7. The molecule has 80 valence electrons. The number of hydrogen-bond acceptors (Lipinski definition) is 1. The van der Waals surface area contributed by atoms with Crippen LogP contribution in [0.4, 0.5) is 5.69 Å². The van der Waals surface area contributed by atoms with Gasteiger partial charge in [-0.25, -0.2) is 0 Å². The van der Waals surface area contributed by atoms with E-state index in [1.807, 2.05) is 31.7 Å². The van der Waals surface area contributed by atoms with Crippen LogP contribution in [0.2, 0.25) is 0 Å². The number of halogens is 1. The maximum absolute atomic E-state index is 11.8. The smallest absolute Gasteiger partial charge is 0.231 e. The fourth-order valence-corrected chi connectivity index (χ4v) is 2.53. The molecule has 0 saturated heterocycles. The Hall–Kier alpha value is -0.830. The maximum atomic E-state index is 11.8. The van der Waals surface area contributed by atoms with Gasteiger partial charge in [0, 0.05) is 16.2 Å². The number of anilines is 1. The summed E-state index contributed by atoms with van der Waals surface area (Å²) in [7, 11) is 0. The minimum Gasteiger partial charge on any atom is -0.309 e. The van der Waals surface area contributed by atoms with Crippen LogP contribution < -0.4 is 4.90 Å². The first-order valence-electron chi connectivity index (χ1n) is 5.12. The van der Waals surface area contributed by atoms with Crippen LogP contribution in [-0.2, 0) is 11.2 Å². The van der Waals surface area contributed by atoms with Crippen LogP contribution in [0.3, 0.4) is 0 Å². The molecule has 1 aliphatic heterocycles. The lowest BCUT2D eigenvalue weighted by atomic mass is 10.1. The molecule has 2 rings (SSSR count). The van der Waals surface area contributed by atoms with E-state index in [0.29, 0.717) is 6.42 Å². The third kappa shape index (κ3) is 1.59. The van der Waals surface area contributed by atoms with Crippen molar-refractivity contribution >= 4 is 27.5 Å². The molecule has 1 amide bonds. The Morgan fingerprint density at radius 1 is 1.40 bits per heavy atom. The Morgan fingerprint density at radius 2 is 2.07 bits per heavy atom. The summed E-state index contributed by atoms with van der Waals surface area (Å²) < 4.78 is 1.08. The van der Waals surface area contributed by atoms with Gasteiger partial charge >= 0.3 is 0 Å². The molecule has 0 aromatic heterocycles. The molecular weight excluding hydrogens is 254 g/mol. The van der Waals surface area contributed by atoms with Crippen molar-refractivity contribution in [2.24, 2.45) is 0 Å². The number of benzene rings is 1. The van der Waals surface area contributed by atoms with Gasteiger partial charge in [0.1, 0.15) is 0 Å². The zero-order chi connectivity index (χ0) is 11.2. The van der Waals surface area contributed by atoms with Gasteiger partial charge in [-0.05, 0) is 38.0 Å². The highest BCUT2D eigenvalue weighted by Gasteiger charge is 2.30. The fraction of sp³-hybridized carbons (Fsp3) is 0.417. The van der Waals surface area contributed by atoms with E-state index in [9.17, 15) is 4.79 Å². The standard InChI is InChI=1S/C12H14BrNO/c1-7(2)14-10-5-4-8(3)12(13)9(10)6-11(14)15/h4-5,7H,6H2,1-3H3. The number of fused-ring (bicyclic) bond motifs is 1. The molecule has 0 N–H and O–H groups in total. The van der Waals surface area contributed by atoms with Crippen molar-refractivity contribution in [2.75, 3.05) is 4.90 Å². The van der Waals surface area contributed by atoms with Gasteiger partial charge in [0.15, 0.2) is 0 Å². The summed E-state index contributed by atoms with van der Waals surface area (Å²) >= 11 is 3.56. The van der Waals surface area contributed by atoms with Crippen molar-refractivity contribution < 1.29 is 4.79 Å². The predicted octanol–water partition coefficient (Wildman–Crippen LogP) is 3.06. The SMILES string of the molecule is Cc1ccc2c(c1Br)CC(=O)N2C(C)C. The molecular formula is C12H14BrNO. The van der Waals surface area contributed by atoms with E-state index < -0.39 is 0 Å². The topological polar surface area (TPSA) is 20.3 Å². The van der Waals surface area contributed by atoms with Crippen LogP contribution in [0.5, 0.6) is 0 Å². The van der Waals surface area contributed by atoms with E-state index in [-0.39, 0.29) is 11.9 Å². The lowest BCUT2D eigenvalue weighted by molar-refractivity contribution is -0.117. The molecule has 0 unspecified atom stereocenters. The van der Waals surface area contributed by atoms with Crippen LogP contribution in [0.25, 0.3) is 0 Å². The van der Waals surface area contributed by atoms with Crippen LogP contribution in [0, 0.1) is 6.92 Å². The van der Waals surface area contributed by atoms with E-state index in [1.165, 1.54) is 5.56 Å². The summed E-state index contributed by atoms with van der Waals surface area (Å²) in [6.45, 7) is 6.13. The van der Waals surface area contributed by atoms with E-state index in [2.05, 4.69) is 22.0 Å². The second-order valence-corrected chi connectivity index (χ2v) is 5.02. The van der Waals surface area contributed by atoms with Gasteiger partial charge in [0.25, 0.3) is 0 Å². The largest absolute Gasteiger partial charge is 0.309 e. The summed E-state index contributed by atoms with van der Waals surface area (Å²) in [5.41, 5.74) is 3.38. The number of amides is 1. The lowest BCUT2D eigenvalue weighted by Crippen LogP contribution is -2.33. The van der Waals surface area contributed by atoms with Crippen molar-refractivity contribution in [2.45, 2.75) is 33.2 Å². The summed E-state index contributed by atoms with van der Waals surface area (Å²) in [6.07, 6.45) is 0.524. The van der Waals surface area contributed by atoms with Gasteiger partial charge in [-0.2, -0.15) is 0 Å². The van der Waals surface area contributed by atoms with Gasteiger partial charge < -0.3 is 4.90 Å². The average molecular weight is 268 g/mol. The zero-order valence-corrected chi connectivity index (χ0v) is 10.8. The highest BCUT2D eigenvalue weighted by atomic mass is 79.9. The number of aryl methyl sites for hydroxylation is 1. The zero-order valence-electron chi connectivity index (χ0n) is 9.17. The van der Waals surface area contributed by atoms with Crippen LogP contribution in [0.1, 0.15) is 25.0 Å². The number of carbonyl (C=O) groups excluding carboxylic acids is 1. The van der Waals surface area contributed by atoms with E-state index >= 15 is 0 Å². The highest BCUT2D eigenvalue weighted by molar-refractivity contribution is 9.10. The molecule has 1 aliphatic rings. The Balaban J connectivity index is 2.57. The third-order valence-electron chi connectivity index (χ3n) is 2.78.